The van der Waals surface area contributed by atoms with Gasteiger partial charge in [0.1, 0.15) is 4.21 Å². The Hall–Kier alpha value is 0.0900. The van der Waals surface area contributed by atoms with Crippen molar-refractivity contribution in [2.24, 2.45) is 0 Å². The van der Waals surface area contributed by atoms with E-state index in [0.717, 1.165) is 29.5 Å². The van der Waals surface area contributed by atoms with Crippen LogP contribution >= 0.6 is 27.3 Å². The highest BCUT2D eigenvalue weighted by Gasteiger charge is 2.29. The largest absolute Gasteiger partial charge is 0.252 e. The molecule has 1 aromatic heterocycles. The Bertz CT molecular complexity index is 477. The third-order valence-corrected chi connectivity index (χ3v) is 7.27. The number of hydrogen-bond acceptors (Lipinski definition) is 3. The molecule has 1 aromatic rings. The highest BCUT2D eigenvalue weighted by Crippen LogP contribution is 2.31. The molecule has 1 saturated carbocycles. The van der Waals surface area contributed by atoms with Crippen molar-refractivity contribution in [3.05, 3.63) is 15.9 Å². The minimum atomic E-state index is -3.30. The van der Waals surface area contributed by atoms with Gasteiger partial charge in [-0.2, -0.15) is 4.31 Å². The van der Waals surface area contributed by atoms with Crippen LogP contribution in [0.2, 0.25) is 0 Å². The monoisotopic (exact) mass is 337 g/mol. The first kappa shape index (κ1) is 13.5. The van der Waals surface area contributed by atoms with Crippen molar-refractivity contribution < 1.29 is 8.42 Å². The van der Waals surface area contributed by atoms with E-state index in [1.165, 1.54) is 17.8 Å². The summed E-state index contributed by atoms with van der Waals surface area (Å²) in [6.07, 6.45) is 5.48. The van der Waals surface area contributed by atoms with E-state index in [0.29, 0.717) is 4.21 Å². The zero-order valence-corrected chi connectivity index (χ0v) is 12.9. The summed E-state index contributed by atoms with van der Waals surface area (Å²) in [6.45, 7) is 0. The van der Waals surface area contributed by atoms with Gasteiger partial charge in [-0.25, -0.2) is 8.42 Å². The van der Waals surface area contributed by atoms with Crippen LogP contribution in [0, 0.1) is 0 Å². The number of sulfonamides is 1. The zero-order chi connectivity index (χ0) is 12.5. The number of thiophene rings is 1. The van der Waals surface area contributed by atoms with E-state index in [-0.39, 0.29) is 6.04 Å². The molecular weight excluding hydrogens is 322 g/mol. The van der Waals surface area contributed by atoms with Gasteiger partial charge in [0.25, 0.3) is 10.0 Å². The lowest BCUT2D eigenvalue weighted by molar-refractivity contribution is 0.286. The second-order valence-electron chi connectivity index (χ2n) is 4.37. The Balaban J connectivity index is 2.20. The van der Waals surface area contributed by atoms with Gasteiger partial charge >= 0.3 is 0 Å². The Morgan fingerprint density at radius 3 is 2.47 bits per heavy atom. The van der Waals surface area contributed by atoms with Crippen LogP contribution in [-0.4, -0.2) is 25.8 Å². The molecule has 0 amide bonds. The molecule has 0 unspecified atom stereocenters. The zero-order valence-electron chi connectivity index (χ0n) is 9.73. The van der Waals surface area contributed by atoms with Crippen LogP contribution in [0.3, 0.4) is 0 Å². The number of hydrogen-bond donors (Lipinski definition) is 0. The molecular formula is C11H16BrNO2S2. The van der Waals surface area contributed by atoms with Crippen LogP contribution in [0.5, 0.6) is 0 Å². The van der Waals surface area contributed by atoms with Gasteiger partial charge in [-0.3, -0.25) is 0 Å². The van der Waals surface area contributed by atoms with E-state index in [1.807, 2.05) is 0 Å². The molecule has 2 rings (SSSR count). The second kappa shape index (κ2) is 5.38. The normalized spacial score (nSPS) is 18.8. The van der Waals surface area contributed by atoms with Crippen LogP contribution in [0.15, 0.2) is 20.1 Å². The molecule has 0 aromatic carbocycles. The Morgan fingerprint density at radius 2 is 1.94 bits per heavy atom. The average Bonchev–Trinajstić information content (AvgIpc) is 2.77. The minimum absolute atomic E-state index is 0.176. The van der Waals surface area contributed by atoms with Crippen molar-refractivity contribution in [2.75, 3.05) is 7.05 Å². The van der Waals surface area contributed by atoms with E-state index >= 15 is 0 Å². The first-order valence-electron chi connectivity index (χ1n) is 5.75. The summed E-state index contributed by atoms with van der Waals surface area (Å²) in [7, 11) is -1.59. The molecule has 6 heteroatoms. The summed E-state index contributed by atoms with van der Waals surface area (Å²) in [5.74, 6) is 0. The third-order valence-electron chi connectivity index (χ3n) is 3.27. The molecule has 1 fully saturated rings. The third kappa shape index (κ3) is 2.92. The van der Waals surface area contributed by atoms with Crippen molar-refractivity contribution in [1.29, 1.82) is 0 Å². The molecule has 0 spiro atoms. The summed E-state index contributed by atoms with van der Waals surface area (Å²) in [5, 5.41) is 0. The summed E-state index contributed by atoms with van der Waals surface area (Å²) < 4.78 is 27.6. The first-order chi connectivity index (χ1) is 8.01. The molecule has 0 bridgehead atoms. The molecule has 1 aliphatic rings. The maximum absolute atomic E-state index is 12.4. The predicted octanol–water partition coefficient (Wildman–Crippen LogP) is 3.46. The SMILES string of the molecule is CN(C1CCCCC1)S(=O)(=O)c1ccc(Br)s1. The molecule has 0 atom stereocenters. The molecule has 0 saturated heterocycles. The molecule has 1 heterocycles. The van der Waals surface area contributed by atoms with Gasteiger partial charge in [-0.05, 0) is 40.9 Å². The van der Waals surface area contributed by atoms with Gasteiger partial charge in [0.15, 0.2) is 0 Å². The molecule has 0 radical (unpaired) electrons. The van der Waals surface area contributed by atoms with Crippen LogP contribution in [-0.2, 0) is 10.0 Å². The summed E-state index contributed by atoms with van der Waals surface area (Å²) >= 11 is 4.58. The Morgan fingerprint density at radius 1 is 1.29 bits per heavy atom. The quantitative estimate of drug-likeness (QED) is 0.846. The van der Waals surface area contributed by atoms with Gasteiger partial charge in [-0.1, -0.05) is 19.3 Å². The highest BCUT2D eigenvalue weighted by molar-refractivity contribution is 9.11. The second-order valence-corrected chi connectivity index (χ2v) is 9.06. The van der Waals surface area contributed by atoms with Gasteiger partial charge in [0, 0.05) is 13.1 Å². The molecule has 1 aliphatic carbocycles. The molecule has 0 N–H and O–H groups in total. The minimum Gasteiger partial charge on any atom is -0.206 e. The van der Waals surface area contributed by atoms with E-state index in [2.05, 4.69) is 15.9 Å². The molecule has 17 heavy (non-hydrogen) atoms. The fourth-order valence-electron chi connectivity index (χ4n) is 2.22. The lowest BCUT2D eigenvalue weighted by Gasteiger charge is -2.29. The van der Waals surface area contributed by atoms with Crippen LogP contribution in [0.25, 0.3) is 0 Å². The number of nitrogens with zero attached hydrogens (tertiary/aromatic N) is 1. The lowest BCUT2D eigenvalue weighted by atomic mass is 9.96. The summed E-state index contributed by atoms with van der Waals surface area (Å²) in [5.41, 5.74) is 0. The molecule has 96 valence electrons. The van der Waals surface area contributed by atoms with Crippen molar-refractivity contribution >= 4 is 37.3 Å². The number of rotatable bonds is 3. The maximum atomic E-state index is 12.4. The Labute approximate surface area is 115 Å². The van der Waals surface area contributed by atoms with Gasteiger partial charge in [-0.15, -0.1) is 11.3 Å². The maximum Gasteiger partial charge on any atom is 0.252 e. The van der Waals surface area contributed by atoms with Crippen molar-refractivity contribution in [2.45, 2.75) is 42.4 Å². The van der Waals surface area contributed by atoms with Crippen molar-refractivity contribution in [3.8, 4) is 0 Å². The van der Waals surface area contributed by atoms with E-state index in [1.54, 1.807) is 23.5 Å². The van der Waals surface area contributed by atoms with Gasteiger partial charge in [0.05, 0.1) is 3.79 Å². The average molecular weight is 338 g/mol. The van der Waals surface area contributed by atoms with E-state index < -0.39 is 10.0 Å². The Kier molecular flexibility index (Phi) is 4.28. The van der Waals surface area contributed by atoms with Gasteiger partial charge < -0.3 is 0 Å². The topological polar surface area (TPSA) is 37.4 Å². The van der Waals surface area contributed by atoms with Crippen molar-refractivity contribution in [3.63, 3.8) is 0 Å². The highest BCUT2D eigenvalue weighted by atomic mass is 79.9. The van der Waals surface area contributed by atoms with Crippen LogP contribution in [0.1, 0.15) is 32.1 Å². The fraction of sp³-hybridized carbons (Fsp3) is 0.636. The van der Waals surface area contributed by atoms with E-state index in [9.17, 15) is 8.42 Å². The van der Waals surface area contributed by atoms with Gasteiger partial charge in [0.2, 0.25) is 0 Å². The standard InChI is InChI=1S/C11H16BrNO2S2/c1-13(9-5-3-2-4-6-9)17(14,15)11-8-7-10(12)16-11/h7-9H,2-6H2,1H3. The summed E-state index contributed by atoms with van der Waals surface area (Å²) in [6, 6.07) is 3.63. The van der Waals surface area contributed by atoms with Crippen molar-refractivity contribution in [1.82, 2.24) is 4.31 Å². The van der Waals surface area contributed by atoms with E-state index in [4.69, 9.17) is 0 Å². The predicted molar refractivity (Wildman–Crippen MR) is 73.8 cm³/mol. The molecule has 0 aliphatic heterocycles. The van der Waals surface area contributed by atoms with Crippen LogP contribution < -0.4 is 0 Å². The molecule has 3 nitrogen and oxygen atoms in total. The van der Waals surface area contributed by atoms with Crippen LogP contribution in [0.4, 0.5) is 0 Å². The lowest BCUT2D eigenvalue weighted by Crippen LogP contribution is -2.37. The fourth-order valence-corrected chi connectivity index (χ4v) is 5.83. The number of halogens is 1. The smallest absolute Gasteiger partial charge is 0.206 e. The first-order valence-corrected chi connectivity index (χ1v) is 8.80. The summed E-state index contributed by atoms with van der Waals surface area (Å²) in [4.78, 5) is 0.